The van der Waals surface area contributed by atoms with Crippen LogP contribution in [-0.4, -0.2) is 44.1 Å². The Kier molecular flexibility index (Phi) is 5.00. The van der Waals surface area contributed by atoms with Crippen LogP contribution in [0.3, 0.4) is 0 Å². The monoisotopic (exact) mass is 315 g/mol. The van der Waals surface area contributed by atoms with Crippen LogP contribution in [0.2, 0.25) is 0 Å². The van der Waals surface area contributed by atoms with E-state index in [4.69, 9.17) is 14.6 Å². The van der Waals surface area contributed by atoms with E-state index in [1.54, 1.807) is 7.11 Å². The molecule has 1 aliphatic heterocycles. The van der Waals surface area contributed by atoms with Crippen LogP contribution in [0.1, 0.15) is 5.56 Å². The maximum absolute atomic E-state index is 9.15. The highest BCUT2D eigenvalue weighted by molar-refractivity contribution is 9.10. The molecule has 0 amide bonds. The minimum Gasteiger partial charge on any atom is -0.488 e. The summed E-state index contributed by atoms with van der Waals surface area (Å²) in [5.74, 6) is 0.956. The summed E-state index contributed by atoms with van der Waals surface area (Å²) in [7, 11) is 1.63. The first-order valence-corrected chi connectivity index (χ1v) is 6.80. The van der Waals surface area contributed by atoms with Gasteiger partial charge in [-0.2, -0.15) is 0 Å². The fourth-order valence-corrected chi connectivity index (χ4v) is 2.49. The molecule has 0 fully saturated rings. The van der Waals surface area contributed by atoms with E-state index in [0.29, 0.717) is 13.2 Å². The Labute approximate surface area is 115 Å². The predicted octanol–water partition coefficient (Wildman–Crippen LogP) is 1.35. The molecule has 2 N–H and O–H groups in total. The number of methoxy groups -OCH3 is 1. The number of fused-ring (bicyclic) bond motifs is 1. The molecule has 2 unspecified atom stereocenters. The van der Waals surface area contributed by atoms with Crippen molar-refractivity contribution in [3.63, 3.8) is 0 Å². The first-order chi connectivity index (χ1) is 8.72. The zero-order valence-corrected chi connectivity index (χ0v) is 11.9. The van der Waals surface area contributed by atoms with Gasteiger partial charge in [-0.05, 0) is 23.8 Å². The lowest BCUT2D eigenvalue weighted by atomic mass is 10.1. The summed E-state index contributed by atoms with van der Waals surface area (Å²) in [6.45, 7) is 1.28. The Bertz CT molecular complexity index is 400. The van der Waals surface area contributed by atoms with Gasteiger partial charge in [-0.1, -0.05) is 15.9 Å². The van der Waals surface area contributed by atoms with Gasteiger partial charge in [0.1, 0.15) is 11.9 Å². The fourth-order valence-electron chi connectivity index (χ4n) is 2.08. The molecule has 1 heterocycles. The number of ether oxygens (including phenoxy) is 2. The van der Waals surface area contributed by atoms with Crippen molar-refractivity contribution < 1.29 is 14.6 Å². The molecule has 1 aliphatic rings. The summed E-state index contributed by atoms with van der Waals surface area (Å²) >= 11 is 3.46. The number of nitrogens with one attached hydrogen (secondary N) is 1. The van der Waals surface area contributed by atoms with Crippen molar-refractivity contribution >= 4 is 15.9 Å². The minimum atomic E-state index is -0.0333. The third kappa shape index (κ3) is 3.45. The standard InChI is InChI=1S/C13H18BrNO3/c1-17-8-11(7-16)15-6-12-5-9-4-10(14)2-3-13(9)18-12/h2-4,11-12,15-16H,5-8H2,1H3. The Morgan fingerprint density at radius 3 is 3.17 bits per heavy atom. The van der Waals surface area contributed by atoms with Crippen molar-refractivity contribution in [3.05, 3.63) is 28.2 Å². The molecule has 4 nitrogen and oxygen atoms in total. The van der Waals surface area contributed by atoms with Gasteiger partial charge in [-0.3, -0.25) is 0 Å². The van der Waals surface area contributed by atoms with Gasteiger partial charge in [0.05, 0.1) is 19.3 Å². The molecule has 0 saturated heterocycles. The number of benzene rings is 1. The highest BCUT2D eigenvalue weighted by Crippen LogP contribution is 2.30. The quantitative estimate of drug-likeness (QED) is 0.832. The van der Waals surface area contributed by atoms with Crippen LogP contribution in [0, 0.1) is 0 Å². The number of hydrogen-bond acceptors (Lipinski definition) is 4. The molecule has 0 radical (unpaired) electrons. The van der Waals surface area contributed by atoms with Crippen LogP contribution in [0.25, 0.3) is 0 Å². The number of aliphatic hydroxyl groups is 1. The van der Waals surface area contributed by atoms with Crippen molar-refractivity contribution in [1.29, 1.82) is 0 Å². The zero-order valence-electron chi connectivity index (χ0n) is 10.4. The Morgan fingerprint density at radius 2 is 2.44 bits per heavy atom. The van der Waals surface area contributed by atoms with Crippen LogP contribution < -0.4 is 10.1 Å². The summed E-state index contributed by atoms with van der Waals surface area (Å²) in [5.41, 5.74) is 1.23. The molecule has 0 aliphatic carbocycles. The average molecular weight is 316 g/mol. The van der Waals surface area contributed by atoms with E-state index >= 15 is 0 Å². The summed E-state index contributed by atoms with van der Waals surface area (Å²) in [6, 6.07) is 6.02. The Hall–Kier alpha value is -0.620. The number of aliphatic hydroxyl groups excluding tert-OH is 1. The molecule has 0 aromatic heterocycles. The molecule has 1 aromatic rings. The first kappa shape index (κ1) is 13.8. The average Bonchev–Trinajstić information content (AvgIpc) is 2.76. The molecule has 100 valence electrons. The van der Waals surface area contributed by atoms with E-state index in [2.05, 4.69) is 27.3 Å². The summed E-state index contributed by atoms with van der Waals surface area (Å²) < 4.78 is 11.9. The molecule has 0 spiro atoms. The van der Waals surface area contributed by atoms with Gasteiger partial charge < -0.3 is 19.9 Å². The van der Waals surface area contributed by atoms with Crippen molar-refractivity contribution in [2.24, 2.45) is 0 Å². The van der Waals surface area contributed by atoms with Crippen LogP contribution in [-0.2, 0) is 11.2 Å². The molecule has 1 aromatic carbocycles. The van der Waals surface area contributed by atoms with Crippen molar-refractivity contribution in [3.8, 4) is 5.75 Å². The minimum absolute atomic E-state index is 0.0333. The molecular weight excluding hydrogens is 298 g/mol. The van der Waals surface area contributed by atoms with Crippen molar-refractivity contribution in [2.75, 3.05) is 26.9 Å². The molecule has 0 bridgehead atoms. The fraction of sp³-hybridized carbons (Fsp3) is 0.538. The molecule has 2 atom stereocenters. The summed E-state index contributed by atoms with van der Waals surface area (Å²) in [6.07, 6.45) is 1.02. The van der Waals surface area contributed by atoms with E-state index in [0.717, 1.165) is 16.6 Å². The maximum Gasteiger partial charge on any atom is 0.123 e. The van der Waals surface area contributed by atoms with Crippen LogP contribution >= 0.6 is 15.9 Å². The van der Waals surface area contributed by atoms with Crippen LogP contribution in [0.5, 0.6) is 5.75 Å². The number of rotatable bonds is 6. The molecular formula is C13H18BrNO3. The topological polar surface area (TPSA) is 50.7 Å². The molecule has 18 heavy (non-hydrogen) atoms. The van der Waals surface area contributed by atoms with Gasteiger partial charge in [-0.25, -0.2) is 0 Å². The van der Waals surface area contributed by atoms with Crippen molar-refractivity contribution in [1.82, 2.24) is 5.32 Å². The van der Waals surface area contributed by atoms with Gasteiger partial charge >= 0.3 is 0 Å². The largest absolute Gasteiger partial charge is 0.488 e. The van der Waals surface area contributed by atoms with Gasteiger partial charge in [0.25, 0.3) is 0 Å². The molecule has 0 saturated carbocycles. The highest BCUT2D eigenvalue weighted by atomic mass is 79.9. The summed E-state index contributed by atoms with van der Waals surface area (Å²) in [4.78, 5) is 0. The molecule has 2 rings (SSSR count). The van der Waals surface area contributed by atoms with Gasteiger partial charge in [0.2, 0.25) is 0 Å². The number of hydrogen-bond donors (Lipinski definition) is 2. The van der Waals surface area contributed by atoms with Gasteiger partial charge in [0, 0.05) is 24.5 Å². The lowest BCUT2D eigenvalue weighted by molar-refractivity contribution is 0.119. The highest BCUT2D eigenvalue weighted by Gasteiger charge is 2.23. The first-order valence-electron chi connectivity index (χ1n) is 6.01. The second-order valence-electron chi connectivity index (χ2n) is 4.44. The van der Waals surface area contributed by atoms with E-state index < -0.39 is 0 Å². The zero-order chi connectivity index (χ0) is 13.0. The van der Waals surface area contributed by atoms with Crippen LogP contribution in [0.4, 0.5) is 0 Å². The van der Waals surface area contributed by atoms with Crippen LogP contribution in [0.15, 0.2) is 22.7 Å². The number of halogens is 1. The Balaban J connectivity index is 1.84. The third-order valence-electron chi connectivity index (χ3n) is 2.99. The lowest BCUT2D eigenvalue weighted by Crippen LogP contribution is -2.42. The van der Waals surface area contributed by atoms with E-state index in [-0.39, 0.29) is 18.8 Å². The predicted molar refractivity (Wildman–Crippen MR) is 73.0 cm³/mol. The van der Waals surface area contributed by atoms with Crippen molar-refractivity contribution in [2.45, 2.75) is 18.6 Å². The Morgan fingerprint density at radius 1 is 1.61 bits per heavy atom. The van der Waals surface area contributed by atoms with Gasteiger partial charge in [0.15, 0.2) is 0 Å². The van der Waals surface area contributed by atoms with Gasteiger partial charge in [-0.15, -0.1) is 0 Å². The smallest absolute Gasteiger partial charge is 0.123 e. The SMILES string of the molecule is COCC(CO)NCC1Cc2cc(Br)ccc2O1. The van der Waals surface area contributed by atoms with E-state index in [9.17, 15) is 0 Å². The third-order valence-corrected chi connectivity index (χ3v) is 3.48. The van der Waals surface area contributed by atoms with E-state index in [1.165, 1.54) is 5.56 Å². The lowest BCUT2D eigenvalue weighted by Gasteiger charge is -2.18. The molecule has 5 heteroatoms. The normalized spacial score (nSPS) is 19.4. The second kappa shape index (κ2) is 6.52. The summed E-state index contributed by atoms with van der Waals surface area (Å²) in [5, 5.41) is 12.4. The van der Waals surface area contributed by atoms with E-state index in [1.807, 2.05) is 12.1 Å². The second-order valence-corrected chi connectivity index (χ2v) is 5.35. The maximum atomic E-state index is 9.15.